The molecule has 0 heterocycles. The van der Waals surface area contributed by atoms with E-state index in [-0.39, 0.29) is 16.3 Å². The van der Waals surface area contributed by atoms with E-state index >= 15 is 0 Å². The van der Waals surface area contributed by atoms with Crippen molar-refractivity contribution in [3.05, 3.63) is 63.2 Å². The van der Waals surface area contributed by atoms with E-state index in [1.54, 1.807) is 13.0 Å². The fourth-order valence-corrected chi connectivity index (χ4v) is 3.02. The topological polar surface area (TPSA) is 89.3 Å². The monoisotopic (exact) mass is 326 g/mol. The standard InChI is InChI=1S/C13H11ClN2O4S/c1-9-3-2-4-12(16(17)18)13(9)15-21(19,20)11-7-5-10(14)6-8-11/h2-8,15H,1H3. The summed E-state index contributed by atoms with van der Waals surface area (Å²) in [5.41, 5.74) is 0.117. The van der Waals surface area contributed by atoms with Gasteiger partial charge >= 0.3 is 0 Å². The van der Waals surface area contributed by atoms with E-state index < -0.39 is 14.9 Å². The average molecular weight is 327 g/mol. The summed E-state index contributed by atoms with van der Waals surface area (Å²) in [5.74, 6) is 0. The first-order valence-electron chi connectivity index (χ1n) is 5.83. The van der Waals surface area contributed by atoms with Crippen LogP contribution in [0.3, 0.4) is 0 Å². The van der Waals surface area contributed by atoms with Crippen molar-refractivity contribution < 1.29 is 13.3 Å². The van der Waals surface area contributed by atoms with Crippen molar-refractivity contribution in [1.82, 2.24) is 0 Å². The van der Waals surface area contributed by atoms with Crippen LogP contribution in [0.25, 0.3) is 0 Å². The number of aryl methyl sites for hydroxylation is 1. The van der Waals surface area contributed by atoms with Crippen molar-refractivity contribution in [3.63, 3.8) is 0 Å². The molecule has 2 rings (SSSR count). The number of nitrogens with zero attached hydrogens (tertiary/aromatic N) is 1. The fraction of sp³-hybridized carbons (Fsp3) is 0.0769. The third-order valence-electron chi connectivity index (χ3n) is 2.81. The van der Waals surface area contributed by atoms with Gasteiger partial charge in [-0.3, -0.25) is 14.8 Å². The Kier molecular flexibility index (Phi) is 4.15. The van der Waals surface area contributed by atoms with Crippen LogP contribution in [0, 0.1) is 17.0 Å². The first-order chi connectivity index (χ1) is 9.81. The van der Waals surface area contributed by atoms with Gasteiger partial charge in [-0.1, -0.05) is 23.7 Å². The summed E-state index contributed by atoms with van der Waals surface area (Å²) in [6.07, 6.45) is 0. The molecule has 0 unspecified atom stereocenters. The smallest absolute Gasteiger partial charge is 0.273 e. The quantitative estimate of drug-likeness (QED) is 0.689. The Morgan fingerprint density at radius 1 is 1.14 bits per heavy atom. The molecule has 21 heavy (non-hydrogen) atoms. The van der Waals surface area contributed by atoms with Gasteiger partial charge in [-0.05, 0) is 36.8 Å². The van der Waals surface area contributed by atoms with Crippen LogP contribution in [-0.4, -0.2) is 13.3 Å². The summed E-state index contributed by atoms with van der Waals surface area (Å²) >= 11 is 5.71. The van der Waals surface area contributed by atoms with Crippen LogP contribution in [0.15, 0.2) is 47.4 Å². The molecule has 0 aliphatic rings. The average Bonchev–Trinajstić information content (AvgIpc) is 2.41. The molecule has 0 atom stereocenters. The molecule has 0 radical (unpaired) electrons. The summed E-state index contributed by atoms with van der Waals surface area (Å²) in [7, 11) is -3.92. The third kappa shape index (κ3) is 3.32. The van der Waals surface area contributed by atoms with E-state index in [4.69, 9.17) is 11.6 Å². The Bertz CT molecular complexity index is 788. The molecule has 0 fully saturated rings. The van der Waals surface area contributed by atoms with Crippen LogP contribution in [0.4, 0.5) is 11.4 Å². The van der Waals surface area contributed by atoms with Crippen molar-refractivity contribution >= 4 is 33.0 Å². The van der Waals surface area contributed by atoms with Crippen LogP contribution in [0.2, 0.25) is 5.02 Å². The maximum absolute atomic E-state index is 12.3. The predicted molar refractivity (Wildman–Crippen MR) is 80.1 cm³/mol. The number of halogens is 1. The lowest BCUT2D eigenvalue weighted by molar-refractivity contribution is -0.383. The predicted octanol–water partition coefficient (Wildman–Crippen LogP) is 3.36. The van der Waals surface area contributed by atoms with Crippen molar-refractivity contribution in [1.29, 1.82) is 0 Å². The van der Waals surface area contributed by atoms with Crippen LogP contribution in [0.1, 0.15) is 5.56 Å². The van der Waals surface area contributed by atoms with Gasteiger partial charge in [0.2, 0.25) is 0 Å². The molecule has 2 aromatic rings. The third-order valence-corrected chi connectivity index (χ3v) is 4.43. The minimum absolute atomic E-state index is 0.0237. The Balaban J connectivity index is 2.46. The summed E-state index contributed by atoms with van der Waals surface area (Å²) in [6, 6.07) is 9.85. The van der Waals surface area contributed by atoms with E-state index in [1.807, 2.05) is 0 Å². The second kappa shape index (κ2) is 5.71. The first kappa shape index (κ1) is 15.3. The van der Waals surface area contributed by atoms with Gasteiger partial charge in [0, 0.05) is 11.1 Å². The molecule has 110 valence electrons. The molecule has 0 saturated carbocycles. The maximum atomic E-state index is 12.3. The van der Waals surface area contributed by atoms with Gasteiger partial charge in [-0.2, -0.15) is 0 Å². The number of nitrogens with one attached hydrogen (secondary N) is 1. The lowest BCUT2D eigenvalue weighted by Crippen LogP contribution is -2.14. The van der Waals surface area contributed by atoms with Gasteiger partial charge < -0.3 is 0 Å². The number of hydrogen-bond donors (Lipinski definition) is 1. The van der Waals surface area contributed by atoms with Crippen LogP contribution in [-0.2, 0) is 10.0 Å². The number of nitro groups is 1. The molecular weight excluding hydrogens is 316 g/mol. The summed E-state index contributed by atoms with van der Waals surface area (Å²) in [5, 5.41) is 11.4. The molecule has 0 aromatic heterocycles. The fourth-order valence-electron chi connectivity index (χ4n) is 1.74. The lowest BCUT2D eigenvalue weighted by atomic mass is 10.2. The molecular formula is C13H11ClN2O4S. The molecule has 0 aliphatic heterocycles. The SMILES string of the molecule is Cc1cccc([N+](=O)[O-])c1NS(=O)(=O)c1ccc(Cl)cc1. The molecule has 0 aliphatic carbocycles. The van der Waals surface area contributed by atoms with Gasteiger partial charge in [0.1, 0.15) is 5.69 Å². The molecule has 1 N–H and O–H groups in total. The van der Waals surface area contributed by atoms with Crippen molar-refractivity contribution in [2.24, 2.45) is 0 Å². The van der Waals surface area contributed by atoms with E-state index in [1.165, 1.54) is 36.4 Å². The number of nitro benzene ring substituents is 1. The Labute approximate surface area is 126 Å². The lowest BCUT2D eigenvalue weighted by Gasteiger charge is -2.10. The van der Waals surface area contributed by atoms with Gasteiger partial charge in [0.25, 0.3) is 15.7 Å². The molecule has 6 nitrogen and oxygen atoms in total. The minimum Gasteiger partial charge on any atom is -0.273 e. The zero-order valence-corrected chi connectivity index (χ0v) is 12.5. The van der Waals surface area contributed by atoms with E-state index in [2.05, 4.69) is 4.72 Å². The molecule has 0 saturated heterocycles. The maximum Gasteiger partial charge on any atom is 0.293 e. The molecule has 8 heteroatoms. The molecule has 0 amide bonds. The van der Waals surface area contributed by atoms with Crippen LogP contribution in [0.5, 0.6) is 0 Å². The highest BCUT2D eigenvalue weighted by molar-refractivity contribution is 7.92. The number of para-hydroxylation sites is 1. The highest BCUT2D eigenvalue weighted by Gasteiger charge is 2.22. The summed E-state index contributed by atoms with van der Waals surface area (Å²) < 4.78 is 26.8. The highest BCUT2D eigenvalue weighted by Crippen LogP contribution is 2.30. The minimum atomic E-state index is -3.92. The highest BCUT2D eigenvalue weighted by atomic mass is 35.5. The van der Waals surface area contributed by atoms with Crippen molar-refractivity contribution in [2.45, 2.75) is 11.8 Å². The van der Waals surface area contributed by atoms with E-state index in [0.29, 0.717) is 10.6 Å². The van der Waals surface area contributed by atoms with Crippen LogP contribution >= 0.6 is 11.6 Å². The first-order valence-corrected chi connectivity index (χ1v) is 7.70. The summed E-state index contributed by atoms with van der Waals surface area (Å²) in [6.45, 7) is 1.59. The van der Waals surface area contributed by atoms with Crippen LogP contribution < -0.4 is 4.72 Å². The summed E-state index contributed by atoms with van der Waals surface area (Å²) in [4.78, 5) is 10.3. The Morgan fingerprint density at radius 3 is 2.33 bits per heavy atom. The van der Waals surface area contributed by atoms with Crippen molar-refractivity contribution in [3.8, 4) is 0 Å². The van der Waals surface area contributed by atoms with Gasteiger partial charge in [-0.15, -0.1) is 0 Å². The largest absolute Gasteiger partial charge is 0.293 e. The molecule has 2 aromatic carbocycles. The number of anilines is 1. The van der Waals surface area contributed by atoms with E-state index in [0.717, 1.165) is 0 Å². The number of benzene rings is 2. The normalized spacial score (nSPS) is 11.1. The molecule has 0 spiro atoms. The zero-order valence-electron chi connectivity index (χ0n) is 10.9. The number of hydrogen-bond acceptors (Lipinski definition) is 4. The second-order valence-corrected chi connectivity index (χ2v) is 6.40. The Hall–Kier alpha value is -2.12. The van der Waals surface area contributed by atoms with Gasteiger partial charge in [0.05, 0.1) is 9.82 Å². The van der Waals surface area contributed by atoms with Gasteiger partial charge in [0.15, 0.2) is 0 Å². The Morgan fingerprint density at radius 2 is 1.76 bits per heavy atom. The number of rotatable bonds is 4. The number of sulfonamides is 1. The molecule has 0 bridgehead atoms. The second-order valence-electron chi connectivity index (χ2n) is 4.29. The van der Waals surface area contributed by atoms with Crippen molar-refractivity contribution in [2.75, 3.05) is 4.72 Å². The van der Waals surface area contributed by atoms with Gasteiger partial charge in [-0.25, -0.2) is 8.42 Å². The van der Waals surface area contributed by atoms with E-state index in [9.17, 15) is 18.5 Å². The zero-order chi connectivity index (χ0) is 15.6.